The zero-order valence-corrected chi connectivity index (χ0v) is 9.26. The average Bonchev–Trinajstić information content (AvgIpc) is 2.52. The Morgan fingerprint density at radius 3 is 2.60 bits per heavy atom. The minimum Gasteiger partial charge on any atom is -0.447 e. The van der Waals surface area contributed by atoms with Crippen LogP contribution in [0.5, 0.6) is 0 Å². The lowest BCUT2D eigenvalue weighted by Gasteiger charge is -2.22. The summed E-state index contributed by atoms with van der Waals surface area (Å²) >= 11 is 0. The maximum Gasteiger partial charge on any atom is 0.408 e. The number of benzene rings is 1. The van der Waals surface area contributed by atoms with Gasteiger partial charge in [-0.2, -0.15) is 0 Å². The summed E-state index contributed by atoms with van der Waals surface area (Å²) in [6.45, 7) is 6.52. The third-order valence-corrected chi connectivity index (χ3v) is 3.01. The van der Waals surface area contributed by atoms with Crippen LogP contribution in [-0.2, 0) is 10.3 Å². The van der Waals surface area contributed by atoms with Crippen LogP contribution in [-0.4, -0.2) is 12.7 Å². The highest BCUT2D eigenvalue weighted by molar-refractivity contribution is 5.71. The summed E-state index contributed by atoms with van der Waals surface area (Å²) < 4.78 is 4.94. The van der Waals surface area contributed by atoms with Gasteiger partial charge in [0.2, 0.25) is 0 Å². The zero-order chi connectivity index (χ0) is 11.1. The fourth-order valence-electron chi connectivity index (χ4n) is 1.75. The van der Waals surface area contributed by atoms with Gasteiger partial charge in [-0.3, -0.25) is 0 Å². The molecule has 0 spiro atoms. The van der Waals surface area contributed by atoms with Gasteiger partial charge in [-0.15, -0.1) is 0 Å². The van der Waals surface area contributed by atoms with E-state index in [1.165, 1.54) is 11.1 Å². The standard InChI is InChI=1S/C12H15NO2/c1-8-4-5-10(6-9(8)2)12(3)7-15-11(14)13-12/h4-6H,7H2,1-3H3,(H,13,14). The van der Waals surface area contributed by atoms with Crippen molar-refractivity contribution >= 4 is 6.09 Å². The third kappa shape index (κ3) is 1.69. The van der Waals surface area contributed by atoms with Gasteiger partial charge in [-0.1, -0.05) is 18.2 Å². The number of nitrogens with one attached hydrogen (secondary N) is 1. The van der Waals surface area contributed by atoms with Crippen LogP contribution in [0.4, 0.5) is 4.79 Å². The summed E-state index contributed by atoms with van der Waals surface area (Å²) in [7, 11) is 0. The number of amides is 1. The van der Waals surface area contributed by atoms with Crippen molar-refractivity contribution in [2.45, 2.75) is 26.3 Å². The summed E-state index contributed by atoms with van der Waals surface area (Å²) in [6.07, 6.45) is -0.337. The van der Waals surface area contributed by atoms with Crippen LogP contribution in [0, 0.1) is 13.8 Å². The van der Waals surface area contributed by atoms with Crippen molar-refractivity contribution in [3.05, 3.63) is 34.9 Å². The molecule has 0 radical (unpaired) electrons. The quantitative estimate of drug-likeness (QED) is 0.763. The van der Waals surface area contributed by atoms with Crippen molar-refractivity contribution < 1.29 is 9.53 Å². The molecule has 80 valence electrons. The molecule has 1 amide bonds. The average molecular weight is 205 g/mol. The van der Waals surface area contributed by atoms with E-state index in [1.54, 1.807) is 0 Å². The zero-order valence-electron chi connectivity index (χ0n) is 9.26. The Morgan fingerprint density at radius 1 is 1.33 bits per heavy atom. The van der Waals surface area contributed by atoms with Crippen molar-refractivity contribution in [2.75, 3.05) is 6.61 Å². The van der Waals surface area contributed by atoms with Gasteiger partial charge in [-0.05, 0) is 37.5 Å². The Balaban J connectivity index is 2.37. The maximum absolute atomic E-state index is 11.1. The highest BCUT2D eigenvalue weighted by atomic mass is 16.6. The minimum atomic E-state index is -0.379. The molecular weight excluding hydrogens is 190 g/mol. The molecule has 15 heavy (non-hydrogen) atoms. The molecule has 0 saturated carbocycles. The predicted molar refractivity (Wildman–Crippen MR) is 57.8 cm³/mol. The molecule has 1 fully saturated rings. The van der Waals surface area contributed by atoms with Gasteiger partial charge in [0, 0.05) is 0 Å². The first-order valence-electron chi connectivity index (χ1n) is 5.04. The molecule has 1 aliphatic rings. The Kier molecular flexibility index (Phi) is 2.18. The van der Waals surface area contributed by atoms with E-state index < -0.39 is 0 Å². The number of carbonyl (C=O) groups is 1. The molecule has 0 aromatic heterocycles. The molecule has 0 bridgehead atoms. The molecule has 1 N–H and O–H groups in total. The number of hydrogen-bond acceptors (Lipinski definition) is 2. The molecule has 0 aliphatic carbocycles. The molecule has 1 aromatic rings. The summed E-state index contributed by atoms with van der Waals surface area (Å²) in [5.41, 5.74) is 3.20. The van der Waals surface area contributed by atoms with Crippen LogP contribution in [0.25, 0.3) is 0 Å². The lowest BCUT2D eigenvalue weighted by molar-refractivity contribution is 0.173. The molecular formula is C12H15NO2. The lowest BCUT2D eigenvalue weighted by Crippen LogP contribution is -2.37. The molecule has 1 aromatic carbocycles. The number of rotatable bonds is 1. The Bertz CT molecular complexity index is 414. The van der Waals surface area contributed by atoms with E-state index in [-0.39, 0.29) is 11.6 Å². The predicted octanol–water partition coefficient (Wildman–Crippen LogP) is 2.26. The second kappa shape index (κ2) is 3.26. The van der Waals surface area contributed by atoms with Crippen LogP contribution in [0.3, 0.4) is 0 Å². The number of ether oxygens (including phenoxy) is 1. The van der Waals surface area contributed by atoms with Crippen molar-refractivity contribution in [3.63, 3.8) is 0 Å². The van der Waals surface area contributed by atoms with Crippen LogP contribution in [0.1, 0.15) is 23.6 Å². The fourth-order valence-corrected chi connectivity index (χ4v) is 1.75. The second-order valence-electron chi connectivity index (χ2n) is 4.33. The smallest absolute Gasteiger partial charge is 0.408 e. The molecule has 3 heteroatoms. The first-order chi connectivity index (χ1) is 7.01. The van der Waals surface area contributed by atoms with Crippen LogP contribution >= 0.6 is 0 Å². The van der Waals surface area contributed by atoms with Gasteiger partial charge in [0.05, 0.1) is 5.54 Å². The number of hydrogen-bond donors (Lipinski definition) is 1. The lowest BCUT2D eigenvalue weighted by atomic mass is 9.91. The van der Waals surface area contributed by atoms with Crippen molar-refractivity contribution in [1.29, 1.82) is 0 Å². The molecule has 1 saturated heterocycles. The van der Waals surface area contributed by atoms with Crippen molar-refractivity contribution in [1.82, 2.24) is 5.32 Å². The molecule has 1 unspecified atom stereocenters. The first-order valence-corrected chi connectivity index (χ1v) is 5.04. The SMILES string of the molecule is Cc1ccc(C2(C)COC(=O)N2)cc1C. The number of cyclic esters (lactones) is 1. The van der Waals surface area contributed by atoms with E-state index in [4.69, 9.17) is 4.74 Å². The molecule has 2 rings (SSSR count). The van der Waals surface area contributed by atoms with Crippen molar-refractivity contribution in [3.8, 4) is 0 Å². The number of carbonyl (C=O) groups excluding carboxylic acids is 1. The highest BCUT2D eigenvalue weighted by Gasteiger charge is 2.36. The molecule has 1 aliphatic heterocycles. The van der Waals surface area contributed by atoms with E-state index in [0.717, 1.165) is 5.56 Å². The maximum atomic E-state index is 11.1. The van der Waals surface area contributed by atoms with Crippen molar-refractivity contribution in [2.24, 2.45) is 0 Å². The highest BCUT2D eigenvalue weighted by Crippen LogP contribution is 2.26. The molecule has 1 atom stereocenters. The summed E-state index contributed by atoms with van der Waals surface area (Å²) in [6, 6.07) is 6.21. The van der Waals surface area contributed by atoms with E-state index in [0.29, 0.717) is 6.61 Å². The second-order valence-corrected chi connectivity index (χ2v) is 4.33. The number of aryl methyl sites for hydroxylation is 2. The van der Waals surface area contributed by atoms with Gasteiger partial charge in [0.25, 0.3) is 0 Å². The van der Waals surface area contributed by atoms with Gasteiger partial charge in [-0.25, -0.2) is 4.79 Å². The minimum absolute atomic E-state index is 0.337. The van der Waals surface area contributed by atoms with E-state index >= 15 is 0 Å². The fraction of sp³-hybridized carbons (Fsp3) is 0.417. The van der Waals surface area contributed by atoms with Gasteiger partial charge >= 0.3 is 6.09 Å². The topological polar surface area (TPSA) is 38.3 Å². The number of alkyl carbamates (subject to hydrolysis) is 1. The van der Waals surface area contributed by atoms with Crippen LogP contribution in [0.15, 0.2) is 18.2 Å². The van der Waals surface area contributed by atoms with Gasteiger partial charge in [0.1, 0.15) is 6.61 Å². The van der Waals surface area contributed by atoms with Gasteiger partial charge in [0.15, 0.2) is 0 Å². The third-order valence-electron chi connectivity index (χ3n) is 3.01. The molecule has 3 nitrogen and oxygen atoms in total. The van der Waals surface area contributed by atoms with E-state index in [9.17, 15) is 4.79 Å². The molecule has 1 heterocycles. The van der Waals surface area contributed by atoms with Crippen LogP contribution < -0.4 is 5.32 Å². The largest absolute Gasteiger partial charge is 0.447 e. The Labute approximate surface area is 89.4 Å². The summed E-state index contributed by atoms with van der Waals surface area (Å²) in [5.74, 6) is 0. The van der Waals surface area contributed by atoms with Crippen LogP contribution in [0.2, 0.25) is 0 Å². The summed E-state index contributed by atoms with van der Waals surface area (Å²) in [4.78, 5) is 11.1. The van der Waals surface area contributed by atoms with E-state index in [1.807, 2.05) is 13.0 Å². The van der Waals surface area contributed by atoms with Gasteiger partial charge < -0.3 is 10.1 Å². The monoisotopic (exact) mass is 205 g/mol. The normalized spacial score (nSPS) is 24.9. The summed E-state index contributed by atoms with van der Waals surface area (Å²) in [5, 5.41) is 2.83. The first kappa shape index (κ1) is 10.0. The Morgan fingerprint density at radius 2 is 2.07 bits per heavy atom. The Hall–Kier alpha value is -1.51. The van der Waals surface area contributed by atoms with E-state index in [2.05, 4.69) is 31.3 Å².